The zero-order valence-electron chi connectivity index (χ0n) is 64.9. The van der Waals surface area contributed by atoms with E-state index in [9.17, 15) is 40.9 Å². The van der Waals surface area contributed by atoms with E-state index in [0.717, 1.165) is 44.5 Å². The Labute approximate surface area is 688 Å². The summed E-state index contributed by atoms with van der Waals surface area (Å²) in [6.45, 7) is -0.353. The predicted octanol–water partition coefficient (Wildman–Crippen LogP) is 17.5. The minimum absolute atomic E-state index is 0.0441. The molecule has 8 bridgehead atoms. The summed E-state index contributed by atoms with van der Waals surface area (Å²) in [5, 5.41) is 81.2. The molecule has 24 heteroatoms. The van der Waals surface area contributed by atoms with Gasteiger partial charge in [0.05, 0.1) is 0 Å². The molecule has 3 aromatic heterocycles. The highest BCUT2D eigenvalue weighted by Gasteiger charge is 2.30. The fourth-order valence-electron chi connectivity index (χ4n) is 14.3. The molecule has 10 N–H and O–H groups in total. The first kappa shape index (κ1) is 78.6. The van der Waals surface area contributed by atoms with E-state index in [2.05, 4.69) is 9.97 Å². The average Bonchev–Trinajstić information content (AvgIpc) is 1.59. The lowest BCUT2D eigenvalue weighted by Gasteiger charge is -2.15. The first-order chi connectivity index (χ1) is 58.9. The molecule has 0 saturated heterocycles. The summed E-state index contributed by atoms with van der Waals surface area (Å²) in [6.07, 6.45) is 3.46. The van der Waals surface area contributed by atoms with E-state index >= 15 is 0 Å². The van der Waals surface area contributed by atoms with Crippen molar-refractivity contribution >= 4 is 44.1 Å². The van der Waals surface area contributed by atoms with Crippen LogP contribution < -0.4 is 37.9 Å². The van der Waals surface area contributed by atoms with Crippen LogP contribution in [0.1, 0.15) is 44.5 Å². The smallest absolute Gasteiger partial charge is 0.170 e. The summed E-state index contributed by atoms with van der Waals surface area (Å²) in [6, 6.07) is 73.6. The molecule has 12 aromatic carbocycles. The Morgan fingerprint density at radius 2 is 0.325 bits per heavy atom. The molecule has 0 spiro atoms. The standard InChI is InChI=1S/C96H82N8O16/c105-41-33-57-1-17-65(18-2-57)113-81-49-73-74(50-82(81)114-66-19-3-58(4-20-66)34-42-106)90-97-89(73)101-91-75-51-83(115-67-21-5-59(6-22-67)35-43-107)84(116-68-23-7-60(8-24-68)36-44-108)52-76(75)93(98-91)103-95-79-55-87(119-71-29-13-63(14-30-71)39-47-111)88(120-72-31-15-64(16-32-72)40-48-112)56-80(79)96(100-95)104-94-78-54-86(118-70-27-11-62(12-28-70)38-46-110)85(53-77(78)92(99-94)102-90)117-69-25-9-61(10-26-69)37-45-109/h1-32,49-56,105-112H,33-48H2,(H2,97,98,99,100,101,102,103,104). The molecule has 0 saturated carbocycles. The first-order valence-corrected chi connectivity index (χ1v) is 39.5. The molecule has 120 heavy (non-hydrogen) atoms. The summed E-state index contributed by atoms with van der Waals surface area (Å²) in [5.41, 5.74) is 9.99. The highest BCUT2D eigenvalue weighted by molar-refractivity contribution is 6.08. The number of nitrogens with zero attached hydrogens (tertiary/aromatic N) is 6. The number of rotatable bonds is 32. The number of aliphatic hydroxyl groups is 8. The molecule has 15 aromatic rings. The van der Waals surface area contributed by atoms with Gasteiger partial charge in [-0.2, -0.15) is 0 Å². The fraction of sp³-hybridized carbons (Fsp3) is 0.167. The van der Waals surface area contributed by atoms with Crippen LogP contribution >= 0.6 is 0 Å². The number of aromatic amines is 2. The van der Waals surface area contributed by atoms with Crippen molar-refractivity contribution in [3.05, 3.63) is 287 Å². The maximum absolute atomic E-state index is 9.91. The lowest BCUT2D eigenvalue weighted by molar-refractivity contribution is 0.299. The number of H-pyrrole nitrogens is 2. The summed E-state index contributed by atoms with van der Waals surface area (Å²) < 4.78 is 55.1. The topological polar surface area (TPSA) is 345 Å². The highest BCUT2D eigenvalue weighted by Crippen LogP contribution is 2.50. The van der Waals surface area contributed by atoms with Gasteiger partial charge < -0.3 is 88.7 Å². The van der Waals surface area contributed by atoms with Gasteiger partial charge in [-0.3, -0.25) is 0 Å². The Balaban J connectivity index is 0.968. The molecule has 0 radical (unpaired) electrons. The van der Waals surface area contributed by atoms with Gasteiger partial charge in [0, 0.05) is 96.7 Å². The van der Waals surface area contributed by atoms with Crippen molar-refractivity contribution in [1.82, 2.24) is 39.9 Å². The second kappa shape index (κ2) is 35.9. The Kier molecular flexibility index (Phi) is 23.5. The van der Waals surface area contributed by atoms with Crippen molar-refractivity contribution in [3.8, 4) is 138 Å². The SMILES string of the molecule is OCCc1ccc(Oc2cc3c(cc2Oc2ccc(CCO)cc2)-c2nc-3nc3[nH]c(nc4nc(nc5[nH]c(n2)c2cc(Oc6ccc(CCO)cc6)c(Oc6ccc(CCO)cc6)cc52)-c2cc(Oc5ccc(CCO)cc5)c(Oc5ccc(CCO)cc5)cc2-4)c2cc(Oc4ccc(CCO)cc4)c(Oc4ccc(CCO)cc4)cc32)cc1. The van der Waals surface area contributed by atoms with Crippen molar-refractivity contribution in [2.24, 2.45) is 0 Å². The van der Waals surface area contributed by atoms with Crippen LogP contribution in [0, 0.1) is 0 Å². The quantitative estimate of drug-likeness (QED) is 0.0187. The Bertz CT molecular complexity index is 5610. The summed E-state index contributed by atoms with van der Waals surface area (Å²) in [7, 11) is 0. The molecule has 17 rings (SSSR count). The van der Waals surface area contributed by atoms with Gasteiger partial charge in [0.25, 0.3) is 0 Å². The van der Waals surface area contributed by atoms with Crippen LogP contribution in [0.2, 0.25) is 0 Å². The van der Waals surface area contributed by atoms with Gasteiger partial charge in [-0.05, 0) is 241 Å². The summed E-state index contributed by atoms with van der Waals surface area (Å²) in [4.78, 5) is 40.2. The number of nitrogens with one attached hydrogen (secondary N) is 2. The maximum atomic E-state index is 9.91. The van der Waals surface area contributed by atoms with Crippen molar-refractivity contribution in [2.75, 3.05) is 52.9 Å². The normalized spacial score (nSPS) is 11.5. The molecular formula is C96H82N8O16. The Morgan fingerprint density at radius 1 is 0.183 bits per heavy atom. The third-order valence-corrected chi connectivity index (χ3v) is 20.5. The molecule has 24 nitrogen and oxygen atoms in total. The van der Waals surface area contributed by atoms with Crippen LogP contribution in [0.4, 0.5) is 0 Å². The molecule has 602 valence electrons. The predicted molar refractivity (Wildman–Crippen MR) is 454 cm³/mol. The maximum Gasteiger partial charge on any atom is 0.170 e. The molecule has 2 aliphatic rings. The lowest BCUT2D eigenvalue weighted by atomic mass is 10.1. The van der Waals surface area contributed by atoms with Crippen LogP contribution in [-0.4, -0.2) is 134 Å². The van der Waals surface area contributed by atoms with Crippen molar-refractivity contribution in [1.29, 1.82) is 0 Å². The van der Waals surface area contributed by atoms with Gasteiger partial charge in [-0.1, -0.05) is 97.1 Å². The third-order valence-electron chi connectivity index (χ3n) is 20.5. The van der Waals surface area contributed by atoms with Gasteiger partial charge in [0.1, 0.15) is 68.6 Å². The van der Waals surface area contributed by atoms with Crippen molar-refractivity contribution in [2.45, 2.75) is 51.4 Å². The van der Waals surface area contributed by atoms with E-state index in [1.165, 1.54) is 0 Å². The number of hydrogen-bond donors (Lipinski definition) is 10. The minimum Gasteiger partial charge on any atom is -0.453 e. The van der Waals surface area contributed by atoms with E-state index < -0.39 is 0 Å². The molecule has 0 atom stereocenters. The average molecular weight is 1600 g/mol. The van der Waals surface area contributed by atoms with Crippen molar-refractivity contribution < 1.29 is 78.7 Å². The number of ether oxygens (including phenoxy) is 8. The van der Waals surface area contributed by atoms with Gasteiger partial charge >= 0.3 is 0 Å². The van der Waals surface area contributed by atoms with Crippen LogP contribution in [0.15, 0.2) is 243 Å². The molecule has 5 heterocycles. The number of aliphatic hydroxyl groups excluding tert-OH is 8. The minimum atomic E-state index is -0.0443. The molecule has 2 aliphatic heterocycles. The van der Waals surface area contributed by atoms with Gasteiger partial charge in [0.2, 0.25) is 0 Å². The molecule has 0 unspecified atom stereocenters. The molecule has 0 aliphatic carbocycles. The van der Waals surface area contributed by atoms with Crippen LogP contribution in [0.25, 0.3) is 89.7 Å². The van der Waals surface area contributed by atoms with Gasteiger partial charge in [-0.25, -0.2) is 29.9 Å². The van der Waals surface area contributed by atoms with Crippen LogP contribution in [-0.2, 0) is 51.4 Å². The second-order valence-electron chi connectivity index (χ2n) is 28.7. The van der Waals surface area contributed by atoms with Gasteiger partial charge in [-0.15, -0.1) is 0 Å². The second-order valence-corrected chi connectivity index (χ2v) is 28.7. The van der Waals surface area contributed by atoms with Crippen LogP contribution in [0.3, 0.4) is 0 Å². The van der Waals surface area contributed by atoms with E-state index in [4.69, 9.17) is 67.8 Å². The first-order valence-electron chi connectivity index (χ1n) is 39.5. The molecule has 0 fully saturated rings. The van der Waals surface area contributed by atoms with E-state index in [1.54, 1.807) is 24.3 Å². The monoisotopic (exact) mass is 1600 g/mol. The number of aromatic nitrogens is 8. The van der Waals surface area contributed by atoms with E-state index in [-0.39, 0.29) is 145 Å². The Hall–Kier alpha value is -13.9. The summed E-state index contributed by atoms with van der Waals surface area (Å²) >= 11 is 0. The molecular weight excluding hydrogens is 1520 g/mol. The lowest BCUT2D eigenvalue weighted by Crippen LogP contribution is -1.95. The van der Waals surface area contributed by atoms with Crippen molar-refractivity contribution in [3.63, 3.8) is 0 Å². The highest BCUT2D eigenvalue weighted by atomic mass is 16.5. The Morgan fingerprint density at radius 3 is 0.467 bits per heavy atom. The zero-order chi connectivity index (χ0) is 82.0. The largest absolute Gasteiger partial charge is 0.453 e. The van der Waals surface area contributed by atoms with E-state index in [0.29, 0.717) is 141 Å². The van der Waals surface area contributed by atoms with Gasteiger partial charge in [0.15, 0.2) is 69.3 Å². The number of benzene rings is 12. The van der Waals surface area contributed by atoms with Crippen LogP contribution in [0.5, 0.6) is 92.0 Å². The third kappa shape index (κ3) is 17.7. The number of hydrogen-bond acceptors (Lipinski definition) is 22. The van der Waals surface area contributed by atoms with E-state index in [1.807, 2.05) is 218 Å². The fourth-order valence-corrected chi connectivity index (χ4v) is 14.3. The molecule has 0 amide bonds. The zero-order valence-corrected chi connectivity index (χ0v) is 64.9. The number of fused-ring (bicyclic) bond motifs is 20. The summed E-state index contributed by atoms with van der Waals surface area (Å²) in [5.74, 6) is 6.44.